The van der Waals surface area contributed by atoms with E-state index >= 15 is 0 Å². The largest absolute Gasteiger partial charge is 0.381 e. The lowest BCUT2D eigenvalue weighted by atomic mass is 10.2. The van der Waals surface area contributed by atoms with Crippen molar-refractivity contribution in [1.82, 2.24) is 0 Å². The van der Waals surface area contributed by atoms with Gasteiger partial charge in [-0.05, 0) is 20.8 Å². The van der Waals surface area contributed by atoms with Crippen LogP contribution in [-0.4, -0.2) is 25.4 Å². The standard InChI is InChI=1S/C9H16O2/c1-6-8(7-10-5)11-9(2,3)4/h1,8H,7H2,2-5H3/t8-/m0/s1. The second-order valence-electron chi connectivity index (χ2n) is 3.34. The third-order valence-electron chi connectivity index (χ3n) is 1.000. The van der Waals surface area contributed by atoms with Crippen LogP contribution in [-0.2, 0) is 9.47 Å². The molecule has 0 fully saturated rings. The first-order chi connectivity index (χ1) is 4.99. The molecule has 0 saturated carbocycles. The molecule has 0 aromatic heterocycles. The predicted octanol–water partition coefficient (Wildman–Crippen LogP) is 1.45. The summed E-state index contributed by atoms with van der Waals surface area (Å²) in [4.78, 5) is 0. The lowest BCUT2D eigenvalue weighted by Gasteiger charge is -2.23. The molecule has 2 heteroatoms. The lowest BCUT2D eigenvalue weighted by molar-refractivity contribution is -0.0600. The molecule has 1 atom stereocenters. The van der Waals surface area contributed by atoms with Crippen LogP contribution in [0.5, 0.6) is 0 Å². The summed E-state index contributed by atoms with van der Waals surface area (Å²) in [5.74, 6) is 2.51. The van der Waals surface area contributed by atoms with Gasteiger partial charge in [-0.2, -0.15) is 0 Å². The molecular weight excluding hydrogens is 140 g/mol. The average Bonchev–Trinajstić information content (AvgIpc) is 1.84. The van der Waals surface area contributed by atoms with E-state index < -0.39 is 0 Å². The molecule has 0 rings (SSSR count). The second-order valence-corrected chi connectivity index (χ2v) is 3.34. The zero-order valence-electron chi connectivity index (χ0n) is 7.68. The molecule has 0 aliphatic carbocycles. The van der Waals surface area contributed by atoms with Gasteiger partial charge in [0, 0.05) is 7.11 Å². The molecule has 0 saturated heterocycles. The summed E-state index contributed by atoms with van der Waals surface area (Å²) in [6, 6.07) is 0. The maximum Gasteiger partial charge on any atom is 0.141 e. The maximum atomic E-state index is 5.47. The van der Waals surface area contributed by atoms with E-state index in [0.29, 0.717) is 6.61 Å². The van der Waals surface area contributed by atoms with Crippen molar-refractivity contribution >= 4 is 0 Å². The Balaban J connectivity index is 3.81. The van der Waals surface area contributed by atoms with Crippen LogP contribution in [0, 0.1) is 12.3 Å². The molecule has 0 bridgehead atoms. The van der Waals surface area contributed by atoms with Crippen molar-refractivity contribution in [2.45, 2.75) is 32.5 Å². The highest BCUT2D eigenvalue weighted by molar-refractivity contribution is 4.95. The molecule has 0 N–H and O–H groups in total. The Morgan fingerprint density at radius 3 is 2.27 bits per heavy atom. The smallest absolute Gasteiger partial charge is 0.141 e. The molecule has 0 heterocycles. The van der Waals surface area contributed by atoms with Crippen LogP contribution < -0.4 is 0 Å². The summed E-state index contributed by atoms with van der Waals surface area (Å²) in [5, 5.41) is 0. The van der Waals surface area contributed by atoms with E-state index in [1.165, 1.54) is 0 Å². The molecule has 0 radical (unpaired) electrons. The normalized spacial score (nSPS) is 14.1. The van der Waals surface area contributed by atoms with Gasteiger partial charge >= 0.3 is 0 Å². The quantitative estimate of drug-likeness (QED) is 0.576. The van der Waals surface area contributed by atoms with Gasteiger partial charge in [0.2, 0.25) is 0 Å². The Hall–Kier alpha value is -0.520. The van der Waals surface area contributed by atoms with Gasteiger partial charge in [0.25, 0.3) is 0 Å². The fraction of sp³-hybridized carbons (Fsp3) is 0.778. The fourth-order valence-electron chi connectivity index (χ4n) is 0.694. The van der Waals surface area contributed by atoms with Crippen molar-refractivity contribution < 1.29 is 9.47 Å². The zero-order chi connectivity index (χ0) is 8.91. The average molecular weight is 156 g/mol. The number of ether oxygens (including phenoxy) is 2. The van der Waals surface area contributed by atoms with Crippen LogP contribution in [0.3, 0.4) is 0 Å². The Morgan fingerprint density at radius 1 is 1.45 bits per heavy atom. The fourth-order valence-corrected chi connectivity index (χ4v) is 0.694. The molecule has 11 heavy (non-hydrogen) atoms. The molecule has 0 aliphatic heterocycles. The summed E-state index contributed by atoms with van der Waals surface area (Å²) in [5.41, 5.74) is -0.199. The molecule has 0 unspecified atom stereocenters. The van der Waals surface area contributed by atoms with Gasteiger partial charge in [0.15, 0.2) is 0 Å². The Labute approximate surface area is 68.9 Å². The van der Waals surface area contributed by atoms with E-state index in [1.807, 2.05) is 20.8 Å². The lowest BCUT2D eigenvalue weighted by Crippen LogP contribution is -2.29. The Morgan fingerprint density at radius 2 is 2.00 bits per heavy atom. The first-order valence-electron chi connectivity index (χ1n) is 3.62. The Kier molecular flexibility index (Phi) is 4.17. The van der Waals surface area contributed by atoms with E-state index in [2.05, 4.69) is 5.92 Å². The van der Waals surface area contributed by atoms with E-state index in [0.717, 1.165) is 0 Å². The monoisotopic (exact) mass is 156 g/mol. The summed E-state index contributed by atoms with van der Waals surface area (Å²) >= 11 is 0. The van der Waals surface area contributed by atoms with Crippen LogP contribution in [0.15, 0.2) is 0 Å². The molecule has 0 aromatic carbocycles. The Bertz CT molecular complexity index is 139. The SMILES string of the molecule is C#C[C@@H](COC)OC(C)(C)C. The van der Waals surface area contributed by atoms with Crippen LogP contribution >= 0.6 is 0 Å². The third-order valence-corrected chi connectivity index (χ3v) is 1.000. The molecule has 64 valence electrons. The van der Waals surface area contributed by atoms with Crippen molar-refractivity contribution in [2.24, 2.45) is 0 Å². The number of rotatable bonds is 3. The molecule has 0 spiro atoms. The summed E-state index contributed by atoms with van der Waals surface area (Å²) in [6.07, 6.45) is 4.97. The van der Waals surface area contributed by atoms with Gasteiger partial charge in [-0.15, -0.1) is 6.42 Å². The summed E-state index contributed by atoms with van der Waals surface area (Å²) in [6.45, 7) is 6.35. The van der Waals surface area contributed by atoms with Crippen molar-refractivity contribution in [3.63, 3.8) is 0 Å². The predicted molar refractivity (Wildman–Crippen MR) is 45.3 cm³/mol. The first-order valence-corrected chi connectivity index (χ1v) is 3.62. The van der Waals surface area contributed by atoms with Crippen molar-refractivity contribution in [3.05, 3.63) is 0 Å². The van der Waals surface area contributed by atoms with Crippen LogP contribution in [0.1, 0.15) is 20.8 Å². The van der Waals surface area contributed by atoms with Crippen molar-refractivity contribution in [2.75, 3.05) is 13.7 Å². The minimum absolute atomic E-state index is 0.199. The highest BCUT2D eigenvalue weighted by Gasteiger charge is 2.16. The van der Waals surface area contributed by atoms with Crippen molar-refractivity contribution in [3.8, 4) is 12.3 Å². The topological polar surface area (TPSA) is 18.5 Å². The van der Waals surface area contributed by atoms with E-state index in [9.17, 15) is 0 Å². The number of hydrogen-bond acceptors (Lipinski definition) is 2. The van der Waals surface area contributed by atoms with Gasteiger partial charge in [-0.25, -0.2) is 0 Å². The molecule has 2 nitrogen and oxygen atoms in total. The van der Waals surface area contributed by atoms with E-state index in [4.69, 9.17) is 15.9 Å². The minimum Gasteiger partial charge on any atom is -0.381 e. The van der Waals surface area contributed by atoms with Crippen molar-refractivity contribution in [1.29, 1.82) is 0 Å². The molecule has 0 aromatic rings. The van der Waals surface area contributed by atoms with Crippen LogP contribution in [0.25, 0.3) is 0 Å². The molecule has 0 aliphatic rings. The highest BCUT2D eigenvalue weighted by Crippen LogP contribution is 2.10. The van der Waals surface area contributed by atoms with Crippen LogP contribution in [0.4, 0.5) is 0 Å². The van der Waals surface area contributed by atoms with Gasteiger partial charge in [-0.3, -0.25) is 0 Å². The van der Waals surface area contributed by atoms with E-state index in [1.54, 1.807) is 7.11 Å². The maximum absolute atomic E-state index is 5.47. The molecular formula is C9H16O2. The number of terminal acetylenes is 1. The van der Waals surface area contributed by atoms with Gasteiger partial charge in [0.05, 0.1) is 12.2 Å². The third kappa shape index (κ3) is 5.90. The summed E-state index contributed by atoms with van der Waals surface area (Å²) in [7, 11) is 1.61. The number of hydrogen-bond donors (Lipinski definition) is 0. The minimum atomic E-state index is -0.236. The molecule has 0 amide bonds. The summed E-state index contributed by atoms with van der Waals surface area (Å²) < 4.78 is 10.3. The van der Waals surface area contributed by atoms with Gasteiger partial charge in [0.1, 0.15) is 6.10 Å². The highest BCUT2D eigenvalue weighted by atomic mass is 16.5. The van der Waals surface area contributed by atoms with Gasteiger partial charge in [-0.1, -0.05) is 5.92 Å². The van der Waals surface area contributed by atoms with Gasteiger partial charge < -0.3 is 9.47 Å². The van der Waals surface area contributed by atoms with E-state index in [-0.39, 0.29) is 11.7 Å². The first kappa shape index (κ1) is 10.5. The zero-order valence-corrected chi connectivity index (χ0v) is 7.68. The number of methoxy groups -OCH3 is 1. The second kappa shape index (κ2) is 4.38. The van der Waals surface area contributed by atoms with Crippen LogP contribution in [0.2, 0.25) is 0 Å².